The average molecular weight is 380 g/mol. The molecule has 24 heavy (non-hydrogen) atoms. The first kappa shape index (κ1) is 17.0. The average Bonchev–Trinajstić information content (AvgIpc) is 3.11. The van der Waals surface area contributed by atoms with Crippen LogP contribution in [0, 0.1) is 0 Å². The molecule has 0 aliphatic carbocycles. The van der Waals surface area contributed by atoms with Crippen molar-refractivity contribution >= 4 is 41.1 Å². The molecule has 122 valence electrons. The Morgan fingerprint density at radius 3 is 2.46 bits per heavy atom. The standard InChI is InChI=1S/C18H13Cl3N2O/c19-14-6-7-15(16(20)10-14)17(23-9-8-22-12-23)18(21,11-24)13-4-2-1-3-5-13/h1-12,17H. The highest BCUT2D eigenvalue weighted by molar-refractivity contribution is 6.36. The van der Waals surface area contributed by atoms with Gasteiger partial charge in [0.25, 0.3) is 0 Å². The number of imidazole rings is 1. The molecule has 2 atom stereocenters. The number of aromatic nitrogens is 2. The van der Waals surface area contributed by atoms with Crippen LogP contribution in [0.5, 0.6) is 0 Å². The highest BCUT2D eigenvalue weighted by Gasteiger charge is 2.41. The number of hydrogen-bond donors (Lipinski definition) is 0. The van der Waals surface area contributed by atoms with Crippen molar-refractivity contribution in [2.45, 2.75) is 10.9 Å². The van der Waals surface area contributed by atoms with E-state index in [0.717, 1.165) is 6.29 Å². The molecule has 0 saturated heterocycles. The van der Waals surface area contributed by atoms with Crippen LogP contribution in [0.25, 0.3) is 0 Å². The fourth-order valence-corrected chi connectivity index (χ4v) is 3.60. The van der Waals surface area contributed by atoms with Gasteiger partial charge in [-0.15, -0.1) is 11.6 Å². The normalized spacial score (nSPS) is 14.8. The molecule has 3 nitrogen and oxygen atoms in total. The Hall–Kier alpha value is -1.81. The Balaban J connectivity index is 2.23. The van der Waals surface area contributed by atoms with Crippen LogP contribution in [-0.4, -0.2) is 15.8 Å². The van der Waals surface area contributed by atoms with Gasteiger partial charge >= 0.3 is 0 Å². The lowest BCUT2D eigenvalue weighted by Gasteiger charge is -2.33. The maximum absolute atomic E-state index is 12.1. The molecule has 3 aromatic rings. The summed E-state index contributed by atoms with van der Waals surface area (Å²) in [5.41, 5.74) is 1.36. The molecule has 2 aromatic carbocycles. The largest absolute Gasteiger partial charge is 0.327 e. The summed E-state index contributed by atoms with van der Waals surface area (Å²) >= 11 is 19.2. The summed E-state index contributed by atoms with van der Waals surface area (Å²) < 4.78 is 1.77. The Kier molecular flexibility index (Phi) is 4.95. The fourth-order valence-electron chi connectivity index (χ4n) is 2.73. The number of carbonyl (C=O) groups excluding carboxylic acids is 1. The van der Waals surface area contributed by atoms with Crippen molar-refractivity contribution in [2.24, 2.45) is 0 Å². The molecule has 0 saturated carbocycles. The van der Waals surface area contributed by atoms with Crippen LogP contribution >= 0.6 is 34.8 Å². The van der Waals surface area contributed by atoms with Gasteiger partial charge in [-0.05, 0) is 23.3 Å². The van der Waals surface area contributed by atoms with E-state index in [1.54, 1.807) is 41.5 Å². The van der Waals surface area contributed by atoms with Crippen LogP contribution in [0.3, 0.4) is 0 Å². The zero-order valence-corrected chi connectivity index (χ0v) is 14.7. The molecule has 0 spiro atoms. The van der Waals surface area contributed by atoms with Crippen LogP contribution in [-0.2, 0) is 9.67 Å². The number of carbonyl (C=O) groups is 1. The van der Waals surface area contributed by atoms with Gasteiger partial charge in [0.15, 0.2) is 0 Å². The molecule has 0 aliphatic rings. The molecule has 0 aliphatic heterocycles. The van der Waals surface area contributed by atoms with E-state index < -0.39 is 10.9 Å². The maximum atomic E-state index is 12.1. The summed E-state index contributed by atoms with van der Waals surface area (Å²) in [7, 11) is 0. The SMILES string of the molecule is O=CC(Cl)(c1ccccc1)C(c1ccc(Cl)cc1Cl)n1ccnc1. The Labute approximate surface area is 154 Å². The number of rotatable bonds is 5. The molecular formula is C18H13Cl3N2O. The topological polar surface area (TPSA) is 34.9 Å². The lowest BCUT2D eigenvalue weighted by molar-refractivity contribution is -0.111. The highest BCUT2D eigenvalue weighted by atomic mass is 35.5. The van der Waals surface area contributed by atoms with Crippen molar-refractivity contribution in [1.29, 1.82) is 0 Å². The molecule has 0 amide bonds. The lowest BCUT2D eigenvalue weighted by atomic mass is 9.87. The van der Waals surface area contributed by atoms with Gasteiger partial charge in [-0.2, -0.15) is 0 Å². The predicted octanol–water partition coefficient (Wildman–Crippen LogP) is 5.11. The smallest absolute Gasteiger partial charge is 0.149 e. The molecule has 6 heteroatoms. The second-order valence-corrected chi connectivity index (χ2v) is 6.80. The van der Waals surface area contributed by atoms with E-state index in [9.17, 15) is 4.79 Å². The van der Waals surface area contributed by atoms with Crippen LogP contribution in [0.1, 0.15) is 17.2 Å². The molecule has 0 bridgehead atoms. The first-order valence-corrected chi connectivity index (χ1v) is 8.33. The van der Waals surface area contributed by atoms with Crippen molar-refractivity contribution in [2.75, 3.05) is 0 Å². The quantitative estimate of drug-likeness (QED) is 0.456. The summed E-state index contributed by atoms with van der Waals surface area (Å²) in [6.07, 6.45) is 5.72. The van der Waals surface area contributed by atoms with Gasteiger partial charge in [-0.1, -0.05) is 59.6 Å². The molecule has 0 N–H and O–H groups in total. The number of benzene rings is 2. The van der Waals surface area contributed by atoms with Crippen molar-refractivity contribution in [3.05, 3.63) is 88.4 Å². The maximum Gasteiger partial charge on any atom is 0.149 e. The minimum atomic E-state index is -1.35. The predicted molar refractivity (Wildman–Crippen MR) is 96.9 cm³/mol. The lowest BCUT2D eigenvalue weighted by Crippen LogP contribution is -2.34. The third-order valence-electron chi connectivity index (χ3n) is 3.87. The van der Waals surface area contributed by atoms with Crippen LogP contribution in [0.15, 0.2) is 67.3 Å². The van der Waals surface area contributed by atoms with Gasteiger partial charge in [0.05, 0.1) is 12.4 Å². The number of nitrogens with zero attached hydrogens (tertiary/aromatic N) is 2. The van der Waals surface area contributed by atoms with Crippen molar-refractivity contribution < 1.29 is 4.79 Å². The van der Waals surface area contributed by atoms with Crippen molar-refractivity contribution in [3.8, 4) is 0 Å². The first-order valence-electron chi connectivity index (χ1n) is 7.19. The van der Waals surface area contributed by atoms with Crippen molar-refractivity contribution in [1.82, 2.24) is 9.55 Å². The van der Waals surface area contributed by atoms with E-state index in [0.29, 0.717) is 21.2 Å². The number of aldehydes is 1. The van der Waals surface area contributed by atoms with E-state index in [2.05, 4.69) is 4.98 Å². The third-order valence-corrected chi connectivity index (χ3v) is 4.94. The summed E-state index contributed by atoms with van der Waals surface area (Å²) in [4.78, 5) is 14.8. The molecule has 1 heterocycles. The zero-order valence-electron chi connectivity index (χ0n) is 12.4. The Morgan fingerprint density at radius 2 is 1.88 bits per heavy atom. The second kappa shape index (κ2) is 6.98. The van der Waals surface area contributed by atoms with Crippen molar-refractivity contribution in [3.63, 3.8) is 0 Å². The first-order chi connectivity index (χ1) is 11.6. The highest BCUT2D eigenvalue weighted by Crippen LogP contribution is 2.44. The van der Waals surface area contributed by atoms with E-state index in [4.69, 9.17) is 34.8 Å². The van der Waals surface area contributed by atoms with E-state index in [-0.39, 0.29) is 0 Å². The van der Waals surface area contributed by atoms with Gasteiger partial charge in [0.2, 0.25) is 0 Å². The van der Waals surface area contributed by atoms with Crippen LogP contribution in [0.2, 0.25) is 10.0 Å². The summed E-state index contributed by atoms with van der Waals surface area (Å²) in [6, 6.07) is 13.7. The second-order valence-electron chi connectivity index (χ2n) is 5.33. The summed E-state index contributed by atoms with van der Waals surface area (Å²) in [5.74, 6) is 0. The molecule has 0 fully saturated rings. The Morgan fingerprint density at radius 1 is 1.12 bits per heavy atom. The molecule has 0 radical (unpaired) electrons. The summed E-state index contributed by atoms with van der Waals surface area (Å²) in [5, 5.41) is 0.947. The fraction of sp³-hybridized carbons (Fsp3) is 0.111. The van der Waals surface area contributed by atoms with E-state index >= 15 is 0 Å². The van der Waals surface area contributed by atoms with Crippen LogP contribution < -0.4 is 0 Å². The van der Waals surface area contributed by atoms with Crippen LogP contribution in [0.4, 0.5) is 0 Å². The monoisotopic (exact) mass is 378 g/mol. The van der Waals surface area contributed by atoms with Gasteiger partial charge in [0, 0.05) is 22.4 Å². The van der Waals surface area contributed by atoms with Gasteiger partial charge in [-0.3, -0.25) is 0 Å². The van der Waals surface area contributed by atoms with E-state index in [1.807, 2.05) is 30.3 Å². The number of alkyl halides is 1. The van der Waals surface area contributed by atoms with E-state index in [1.165, 1.54) is 0 Å². The molecule has 1 aromatic heterocycles. The molecule has 3 rings (SSSR count). The van der Waals surface area contributed by atoms with Gasteiger partial charge in [0.1, 0.15) is 11.2 Å². The van der Waals surface area contributed by atoms with Gasteiger partial charge < -0.3 is 9.36 Å². The summed E-state index contributed by atoms with van der Waals surface area (Å²) in [6.45, 7) is 0. The van der Waals surface area contributed by atoms with Gasteiger partial charge in [-0.25, -0.2) is 4.98 Å². The minimum absolute atomic E-state index is 0.434. The minimum Gasteiger partial charge on any atom is -0.327 e. The number of halogens is 3. The Bertz CT molecular complexity index is 837. The molecular weight excluding hydrogens is 367 g/mol. The third kappa shape index (κ3) is 3.07. The zero-order chi connectivity index (χ0) is 17.2. The molecule has 2 unspecified atom stereocenters. The number of hydrogen-bond acceptors (Lipinski definition) is 2.